The second-order valence-electron chi connectivity index (χ2n) is 5.24. The Kier molecular flexibility index (Phi) is 5.03. The molecule has 2 aromatic rings. The van der Waals surface area contributed by atoms with Gasteiger partial charge in [0.1, 0.15) is 23.9 Å². The highest BCUT2D eigenvalue weighted by molar-refractivity contribution is 5.79. The summed E-state index contributed by atoms with van der Waals surface area (Å²) in [7, 11) is 0. The van der Waals surface area contributed by atoms with Crippen LogP contribution in [-0.2, 0) is 13.2 Å². The standard InChI is InChI=1S/C15H18FN3O2/c1-11(2)5-6-19-8-14(17-18-19)10-21-15-7-13(16)4-3-12(15)9-20/h3-4,7-9,11H,5-6,10H2,1-2H3. The molecular weight excluding hydrogens is 273 g/mol. The molecule has 112 valence electrons. The van der Waals surface area contributed by atoms with Crippen LogP contribution in [0.2, 0.25) is 0 Å². The minimum Gasteiger partial charge on any atom is -0.486 e. The number of carbonyl (C=O) groups is 1. The lowest BCUT2D eigenvalue weighted by atomic mass is 10.1. The fourth-order valence-electron chi connectivity index (χ4n) is 1.79. The highest BCUT2D eigenvalue weighted by Gasteiger charge is 2.07. The van der Waals surface area contributed by atoms with Gasteiger partial charge in [0.25, 0.3) is 0 Å². The van der Waals surface area contributed by atoms with Crippen molar-refractivity contribution >= 4 is 6.29 Å². The summed E-state index contributed by atoms with van der Waals surface area (Å²) in [5, 5.41) is 8.00. The molecule has 1 aromatic heterocycles. The molecule has 1 heterocycles. The molecule has 0 atom stereocenters. The van der Waals surface area contributed by atoms with E-state index in [9.17, 15) is 9.18 Å². The topological polar surface area (TPSA) is 57.0 Å². The van der Waals surface area contributed by atoms with Crippen LogP contribution < -0.4 is 4.74 Å². The summed E-state index contributed by atoms with van der Waals surface area (Å²) in [4.78, 5) is 10.9. The van der Waals surface area contributed by atoms with Crippen LogP contribution in [0.25, 0.3) is 0 Å². The van der Waals surface area contributed by atoms with Crippen molar-refractivity contribution in [1.82, 2.24) is 15.0 Å². The molecule has 0 saturated carbocycles. The molecule has 0 aliphatic carbocycles. The highest BCUT2D eigenvalue weighted by Crippen LogP contribution is 2.19. The van der Waals surface area contributed by atoms with E-state index in [4.69, 9.17) is 4.74 Å². The van der Waals surface area contributed by atoms with E-state index in [0.29, 0.717) is 23.5 Å². The molecule has 0 radical (unpaired) electrons. The lowest BCUT2D eigenvalue weighted by Crippen LogP contribution is -2.02. The van der Waals surface area contributed by atoms with Crippen molar-refractivity contribution in [2.75, 3.05) is 0 Å². The van der Waals surface area contributed by atoms with Gasteiger partial charge in [0.15, 0.2) is 6.29 Å². The summed E-state index contributed by atoms with van der Waals surface area (Å²) in [5.74, 6) is 0.356. The molecule has 0 fully saturated rings. The van der Waals surface area contributed by atoms with Gasteiger partial charge in [-0.3, -0.25) is 9.48 Å². The van der Waals surface area contributed by atoms with E-state index in [2.05, 4.69) is 24.2 Å². The maximum atomic E-state index is 13.2. The van der Waals surface area contributed by atoms with E-state index in [1.54, 1.807) is 10.9 Å². The fourth-order valence-corrected chi connectivity index (χ4v) is 1.79. The van der Waals surface area contributed by atoms with Crippen molar-refractivity contribution < 1.29 is 13.9 Å². The Morgan fingerprint density at radius 3 is 2.95 bits per heavy atom. The molecule has 0 amide bonds. The molecule has 0 aliphatic heterocycles. The molecule has 21 heavy (non-hydrogen) atoms. The van der Waals surface area contributed by atoms with Crippen molar-refractivity contribution in [3.05, 3.63) is 41.5 Å². The third-order valence-corrected chi connectivity index (χ3v) is 3.00. The number of aryl methyl sites for hydroxylation is 1. The highest BCUT2D eigenvalue weighted by atomic mass is 19.1. The van der Waals surface area contributed by atoms with E-state index < -0.39 is 5.82 Å². The number of hydrogen-bond acceptors (Lipinski definition) is 4. The molecule has 0 aliphatic rings. The number of hydrogen-bond donors (Lipinski definition) is 0. The van der Waals surface area contributed by atoms with Crippen molar-refractivity contribution in [2.24, 2.45) is 5.92 Å². The SMILES string of the molecule is CC(C)CCn1cc(COc2cc(F)ccc2C=O)nn1. The van der Waals surface area contributed by atoms with Gasteiger partial charge >= 0.3 is 0 Å². The number of aldehydes is 1. The molecule has 6 heteroatoms. The molecule has 0 N–H and O–H groups in total. The van der Waals surface area contributed by atoms with Gasteiger partial charge in [0.2, 0.25) is 0 Å². The number of benzene rings is 1. The number of halogens is 1. The van der Waals surface area contributed by atoms with Crippen LogP contribution in [0.15, 0.2) is 24.4 Å². The van der Waals surface area contributed by atoms with Crippen LogP contribution in [0.5, 0.6) is 5.75 Å². The Balaban J connectivity index is 1.97. The van der Waals surface area contributed by atoms with Gasteiger partial charge in [-0.05, 0) is 24.5 Å². The first-order chi connectivity index (χ1) is 10.1. The Morgan fingerprint density at radius 2 is 2.24 bits per heavy atom. The minimum atomic E-state index is -0.448. The van der Waals surface area contributed by atoms with Gasteiger partial charge in [-0.15, -0.1) is 5.10 Å². The summed E-state index contributed by atoms with van der Waals surface area (Å²) in [6.45, 7) is 5.23. The van der Waals surface area contributed by atoms with Crippen molar-refractivity contribution in [3.8, 4) is 5.75 Å². The lowest BCUT2D eigenvalue weighted by molar-refractivity contribution is 0.111. The molecule has 2 rings (SSSR count). The predicted molar refractivity (Wildman–Crippen MR) is 75.6 cm³/mol. The van der Waals surface area contributed by atoms with Crippen LogP contribution in [0, 0.1) is 11.7 Å². The van der Waals surface area contributed by atoms with Crippen LogP contribution in [0.3, 0.4) is 0 Å². The molecule has 0 bridgehead atoms. The number of carbonyl (C=O) groups excluding carboxylic acids is 1. The van der Waals surface area contributed by atoms with Crippen molar-refractivity contribution in [3.63, 3.8) is 0 Å². The van der Waals surface area contributed by atoms with Gasteiger partial charge in [-0.1, -0.05) is 19.1 Å². The molecule has 1 aromatic carbocycles. The Morgan fingerprint density at radius 1 is 1.43 bits per heavy atom. The van der Waals surface area contributed by atoms with Gasteiger partial charge in [-0.25, -0.2) is 4.39 Å². The molecule has 5 nitrogen and oxygen atoms in total. The summed E-state index contributed by atoms with van der Waals surface area (Å²) >= 11 is 0. The van der Waals surface area contributed by atoms with Crippen LogP contribution in [0.1, 0.15) is 36.3 Å². The van der Waals surface area contributed by atoms with Crippen molar-refractivity contribution in [2.45, 2.75) is 33.4 Å². The molecule has 0 spiro atoms. The lowest BCUT2D eigenvalue weighted by Gasteiger charge is -2.06. The van der Waals surface area contributed by atoms with Crippen LogP contribution in [0.4, 0.5) is 4.39 Å². The Hall–Kier alpha value is -2.24. The summed E-state index contributed by atoms with van der Waals surface area (Å²) in [6.07, 6.45) is 3.44. The van der Waals surface area contributed by atoms with Crippen LogP contribution in [-0.4, -0.2) is 21.3 Å². The molecular formula is C15H18FN3O2. The summed E-state index contributed by atoms with van der Waals surface area (Å²) < 4.78 is 20.4. The van der Waals surface area contributed by atoms with E-state index in [-0.39, 0.29) is 12.4 Å². The number of ether oxygens (including phenoxy) is 1. The van der Waals surface area contributed by atoms with E-state index in [0.717, 1.165) is 13.0 Å². The summed E-state index contributed by atoms with van der Waals surface area (Å²) in [6, 6.07) is 3.79. The maximum absolute atomic E-state index is 13.2. The average molecular weight is 291 g/mol. The van der Waals surface area contributed by atoms with E-state index >= 15 is 0 Å². The largest absolute Gasteiger partial charge is 0.486 e. The van der Waals surface area contributed by atoms with Gasteiger partial charge in [0.05, 0.1) is 11.8 Å². The number of nitrogens with zero attached hydrogens (tertiary/aromatic N) is 3. The number of aromatic nitrogens is 3. The normalized spacial score (nSPS) is 10.9. The third kappa shape index (κ3) is 4.37. The van der Waals surface area contributed by atoms with Gasteiger partial charge < -0.3 is 4.74 Å². The van der Waals surface area contributed by atoms with E-state index in [1.807, 2.05) is 0 Å². The zero-order chi connectivity index (χ0) is 15.2. The second kappa shape index (κ2) is 6.97. The van der Waals surface area contributed by atoms with Gasteiger partial charge in [-0.2, -0.15) is 0 Å². The first-order valence-corrected chi connectivity index (χ1v) is 6.85. The Bertz CT molecular complexity index is 611. The van der Waals surface area contributed by atoms with Gasteiger partial charge in [0, 0.05) is 12.6 Å². The smallest absolute Gasteiger partial charge is 0.153 e. The Labute approximate surface area is 122 Å². The van der Waals surface area contributed by atoms with Crippen LogP contribution >= 0.6 is 0 Å². The van der Waals surface area contributed by atoms with E-state index in [1.165, 1.54) is 18.2 Å². The zero-order valence-corrected chi connectivity index (χ0v) is 12.1. The molecule has 0 unspecified atom stereocenters. The first kappa shape index (κ1) is 15.2. The number of rotatable bonds is 7. The first-order valence-electron chi connectivity index (χ1n) is 6.85. The monoisotopic (exact) mass is 291 g/mol. The quantitative estimate of drug-likeness (QED) is 0.736. The zero-order valence-electron chi connectivity index (χ0n) is 12.1. The van der Waals surface area contributed by atoms with Crippen molar-refractivity contribution in [1.29, 1.82) is 0 Å². The fraction of sp³-hybridized carbons (Fsp3) is 0.400. The third-order valence-electron chi connectivity index (χ3n) is 3.00. The average Bonchev–Trinajstić information content (AvgIpc) is 2.91. The minimum absolute atomic E-state index is 0.145. The molecule has 0 saturated heterocycles. The maximum Gasteiger partial charge on any atom is 0.153 e. The predicted octanol–water partition coefficient (Wildman–Crippen LogP) is 2.85. The summed E-state index contributed by atoms with van der Waals surface area (Å²) in [5.41, 5.74) is 0.948. The second-order valence-corrected chi connectivity index (χ2v) is 5.24.